The van der Waals surface area contributed by atoms with Crippen LogP contribution in [0, 0.1) is 5.92 Å². The summed E-state index contributed by atoms with van der Waals surface area (Å²) in [6.07, 6.45) is 6.05. The second kappa shape index (κ2) is 6.02. The minimum Gasteiger partial charge on any atom is -0.389 e. The molecular weight excluding hydrogens is 230 g/mol. The fourth-order valence-electron chi connectivity index (χ4n) is 3.04. The summed E-state index contributed by atoms with van der Waals surface area (Å²) in [4.78, 5) is 13.9. The van der Waals surface area contributed by atoms with Crippen molar-refractivity contribution in [2.45, 2.75) is 50.5 Å². The lowest BCUT2D eigenvalue weighted by Crippen LogP contribution is -2.39. The molecule has 0 aromatic carbocycles. The molecule has 1 heterocycles. The van der Waals surface area contributed by atoms with Gasteiger partial charge in [0.15, 0.2) is 0 Å². The zero-order chi connectivity index (χ0) is 13.0. The van der Waals surface area contributed by atoms with Crippen molar-refractivity contribution in [2.24, 2.45) is 5.92 Å². The molecule has 0 unspecified atom stereocenters. The van der Waals surface area contributed by atoms with Gasteiger partial charge in [-0.05, 0) is 31.6 Å². The summed E-state index contributed by atoms with van der Waals surface area (Å²) in [5.74, 6) is 0.650. The Bertz CT molecular complexity index is 281. The number of carbonyl (C=O) groups is 1. The standard InChI is InChI=1S/C14H25NO3/c1-15(11-12-4-8-18-9-5-12)13(16)10-14(17)6-2-3-7-14/h12,17H,2-11H2,1H3. The van der Waals surface area contributed by atoms with E-state index in [4.69, 9.17) is 4.74 Å². The number of amides is 1. The Labute approximate surface area is 109 Å². The van der Waals surface area contributed by atoms with Crippen molar-refractivity contribution in [3.05, 3.63) is 0 Å². The zero-order valence-corrected chi connectivity index (χ0v) is 11.4. The highest BCUT2D eigenvalue weighted by molar-refractivity contribution is 5.77. The molecule has 18 heavy (non-hydrogen) atoms. The smallest absolute Gasteiger partial charge is 0.225 e. The molecule has 1 aliphatic heterocycles. The number of rotatable bonds is 4. The molecule has 4 heteroatoms. The third-order valence-electron chi connectivity index (χ3n) is 4.31. The van der Waals surface area contributed by atoms with Crippen molar-refractivity contribution >= 4 is 5.91 Å². The van der Waals surface area contributed by atoms with Gasteiger partial charge in [-0.1, -0.05) is 12.8 Å². The molecule has 1 saturated carbocycles. The van der Waals surface area contributed by atoms with E-state index in [9.17, 15) is 9.90 Å². The molecule has 0 aromatic heterocycles. The fraction of sp³-hybridized carbons (Fsp3) is 0.929. The highest BCUT2D eigenvalue weighted by Crippen LogP contribution is 2.32. The van der Waals surface area contributed by atoms with Gasteiger partial charge in [0.25, 0.3) is 0 Å². The molecule has 1 aliphatic carbocycles. The Balaban J connectivity index is 1.77. The first kappa shape index (κ1) is 13.8. The number of carbonyl (C=O) groups excluding carboxylic acids is 1. The van der Waals surface area contributed by atoms with E-state index in [1.54, 1.807) is 4.90 Å². The molecule has 0 atom stereocenters. The van der Waals surface area contributed by atoms with Crippen LogP contribution in [0.25, 0.3) is 0 Å². The number of nitrogens with zero attached hydrogens (tertiary/aromatic N) is 1. The summed E-state index contributed by atoms with van der Waals surface area (Å²) >= 11 is 0. The second-order valence-corrected chi connectivity index (χ2v) is 5.94. The Kier molecular flexibility index (Phi) is 4.62. The lowest BCUT2D eigenvalue weighted by molar-refractivity contribution is -0.136. The van der Waals surface area contributed by atoms with Crippen molar-refractivity contribution in [3.63, 3.8) is 0 Å². The molecule has 1 N–H and O–H groups in total. The normalized spacial score (nSPS) is 24.1. The van der Waals surface area contributed by atoms with Crippen molar-refractivity contribution in [2.75, 3.05) is 26.8 Å². The lowest BCUT2D eigenvalue weighted by atomic mass is 9.96. The number of hydrogen-bond donors (Lipinski definition) is 1. The van der Waals surface area contributed by atoms with Crippen LogP contribution in [0.2, 0.25) is 0 Å². The number of ether oxygens (including phenoxy) is 1. The van der Waals surface area contributed by atoms with Gasteiger partial charge < -0.3 is 14.7 Å². The maximum atomic E-state index is 12.1. The van der Waals surface area contributed by atoms with Gasteiger partial charge in [0.2, 0.25) is 5.91 Å². The summed E-state index contributed by atoms with van der Waals surface area (Å²) in [7, 11) is 1.86. The van der Waals surface area contributed by atoms with E-state index in [-0.39, 0.29) is 5.91 Å². The molecule has 4 nitrogen and oxygen atoms in total. The molecule has 0 radical (unpaired) electrons. The minimum absolute atomic E-state index is 0.0888. The van der Waals surface area contributed by atoms with Crippen LogP contribution in [0.3, 0.4) is 0 Å². The van der Waals surface area contributed by atoms with Gasteiger partial charge in [0.1, 0.15) is 0 Å². The van der Waals surface area contributed by atoms with Crippen molar-refractivity contribution < 1.29 is 14.6 Å². The van der Waals surface area contributed by atoms with Gasteiger partial charge in [-0.15, -0.1) is 0 Å². The van der Waals surface area contributed by atoms with Crippen LogP contribution in [-0.4, -0.2) is 48.3 Å². The van der Waals surface area contributed by atoms with E-state index in [1.807, 2.05) is 7.05 Å². The molecule has 2 fully saturated rings. The highest BCUT2D eigenvalue weighted by Gasteiger charge is 2.34. The van der Waals surface area contributed by atoms with E-state index in [0.29, 0.717) is 12.3 Å². The van der Waals surface area contributed by atoms with Crippen LogP contribution >= 0.6 is 0 Å². The maximum Gasteiger partial charge on any atom is 0.225 e. The Morgan fingerprint density at radius 1 is 1.33 bits per heavy atom. The van der Waals surface area contributed by atoms with Gasteiger partial charge in [0, 0.05) is 26.8 Å². The zero-order valence-electron chi connectivity index (χ0n) is 11.4. The fourth-order valence-corrected chi connectivity index (χ4v) is 3.04. The van der Waals surface area contributed by atoms with E-state index in [1.165, 1.54) is 0 Å². The van der Waals surface area contributed by atoms with Crippen molar-refractivity contribution in [1.82, 2.24) is 4.90 Å². The van der Waals surface area contributed by atoms with Crippen LogP contribution in [-0.2, 0) is 9.53 Å². The molecule has 0 spiro atoms. The molecule has 2 aliphatic rings. The Morgan fingerprint density at radius 2 is 1.94 bits per heavy atom. The lowest BCUT2D eigenvalue weighted by Gasteiger charge is -2.29. The van der Waals surface area contributed by atoms with Crippen LogP contribution in [0.15, 0.2) is 0 Å². The third-order valence-corrected chi connectivity index (χ3v) is 4.31. The summed E-state index contributed by atoms with van der Waals surface area (Å²) in [5, 5.41) is 10.2. The number of aliphatic hydroxyl groups is 1. The molecule has 0 bridgehead atoms. The molecular formula is C14H25NO3. The van der Waals surface area contributed by atoms with Gasteiger partial charge in [-0.3, -0.25) is 4.79 Å². The first-order chi connectivity index (χ1) is 8.59. The third kappa shape index (κ3) is 3.69. The van der Waals surface area contributed by atoms with E-state index in [2.05, 4.69) is 0 Å². The molecule has 1 amide bonds. The van der Waals surface area contributed by atoms with Gasteiger partial charge in [-0.25, -0.2) is 0 Å². The summed E-state index contributed by atoms with van der Waals surface area (Å²) < 4.78 is 5.32. The molecule has 2 rings (SSSR count). The Hall–Kier alpha value is -0.610. The average Bonchev–Trinajstić information content (AvgIpc) is 2.77. The molecule has 104 valence electrons. The maximum absolute atomic E-state index is 12.1. The SMILES string of the molecule is CN(CC1CCOCC1)C(=O)CC1(O)CCCC1. The average molecular weight is 255 g/mol. The van der Waals surface area contributed by atoms with Gasteiger partial charge >= 0.3 is 0 Å². The Morgan fingerprint density at radius 3 is 2.56 bits per heavy atom. The van der Waals surface area contributed by atoms with Crippen LogP contribution in [0.5, 0.6) is 0 Å². The largest absolute Gasteiger partial charge is 0.389 e. The van der Waals surface area contributed by atoms with Crippen LogP contribution in [0.4, 0.5) is 0 Å². The van der Waals surface area contributed by atoms with Crippen molar-refractivity contribution in [3.8, 4) is 0 Å². The van der Waals surface area contributed by atoms with Crippen LogP contribution in [0.1, 0.15) is 44.9 Å². The van der Waals surface area contributed by atoms with Gasteiger partial charge in [0.05, 0.1) is 12.0 Å². The second-order valence-electron chi connectivity index (χ2n) is 5.94. The monoisotopic (exact) mass is 255 g/mol. The topological polar surface area (TPSA) is 49.8 Å². The predicted molar refractivity (Wildman–Crippen MR) is 69.2 cm³/mol. The van der Waals surface area contributed by atoms with Crippen LogP contribution < -0.4 is 0 Å². The summed E-state index contributed by atoms with van der Waals surface area (Å²) in [6.45, 7) is 2.44. The minimum atomic E-state index is -0.721. The van der Waals surface area contributed by atoms with E-state index in [0.717, 1.165) is 58.3 Å². The first-order valence-corrected chi connectivity index (χ1v) is 7.13. The predicted octanol–water partition coefficient (Wildman–Crippen LogP) is 1.57. The van der Waals surface area contributed by atoms with Gasteiger partial charge in [-0.2, -0.15) is 0 Å². The summed E-state index contributed by atoms with van der Waals surface area (Å²) in [6, 6.07) is 0. The van der Waals surface area contributed by atoms with Crippen molar-refractivity contribution in [1.29, 1.82) is 0 Å². The summed E-state index contributed by atoms with van der Waals surface area (Å²) in [5.41, 5.74) is -0.721. The highest BCUT2D eigenvalue weighted by atomic mass is 16.5. The molecule has 0 aromatic rings. The number of hydrogen-bond acceptors (Lipinski definition) is 3. The van der Waals surface area contributed by atoms with E-state index < -0.39 is 5.60 Å². The first-order valence-electron chi connectivity index (χ1n) is 7.13. The van der Waals surface area contributed by atoms with E-state index >= 15 is 0 Å². The quantitative estimate of drug-likeness (QED) is 0.829. The molecule has 1 saturated heterocycles.